The van der Waals surface area contributed by atoms with Gasteiger partial charge in [-0.15, -0.1) is 11.3 Å². The van der Waals surface area contributed by atoms with E-state index in [1.807, 2.05) is 34.4 Å². The Hall–Kier alpha value is -2.77. The summed E-state index contributed by atoms with van der Waals surface area (Å²) in [5.74, 6) is -0.0440. The zero-order valence-electron chi connectivity index (χ0n) is 16.4. The molecule has 0 saturated heterocycles. The summed E-state index contributed by atoms with van der Waals surface area (Å²) in [5, 5.41) is 2.76. The Morgan fingerprint density at radius 3 is 2.93 bits per heavy atom. The van der Waals surface area contributed by atoms with Crippen molar-refractivity contribution >= 4 is 50.0 Å². The van der Waals surface area contributed by atoms with Crippen molar-refractivity contribution in [1.29, 1.82) is 0 Å². The van der Waals surface area contributed by atoms with E-state index in [9.17, 15) is 4.79 Å². The number of carbonyl (C=O) groups excluding carboxylic acids is 1. The van der Waals surface area contributed by atoms with Crippen LogP contribution < -0.4 is 4.90 Å². The fourth-order valence-corrected chi connectivity index (χ4v) is 4.76. The molecule has 0 saturated carbocycles. The second kappa shape index (κ2) is 8.71. The summed E-state index contributed by atoms with van der Waals surface area (Å²) in [6, 6.07) is 8.19. The summed E-state index contributed by atoms with van der Waals surface area (Å²) in [6.07, 6.45) is 9.85. The molecule has 0 fully saturated rings. The molecular weight excluding hydrogens is 400 g/mol. The maximum absolute atomic E-state index is 13.1. The molecule has 7 heteroatoms. The van der Waals surface area contributed by atoms with Gasteiger partial charge in [0.2, 0.25) is 0 Å². The highest BCUT2D eigenvalue weighted by atomic mass is 32.1. The minimum absolute atomic E-state index is 0.0440. The van der Waals surface area contributed by atoms with Crippen LogP contribution in [0.25, 0.3) is 16.3 Å². The number of nitrogens with zero attached hydrogens (tertiary/aromatic N) is 4. The summed E-state index contributed by atoms with van der Waals surface area (Å²) in [7, 11) is 0. The largest absolute Gasteiger partial charge is 0.337 e. The predicted octanol–water partition coefficient (Wildman–Crippen LogP) is 5.31. The molecule has 1 aromatic carbocycles. The molecule has 0 unspecified atom stereocenters. The van der Waals surface area contributed by atoms with E-state index in [0.29, 0.717) is 6.54 Å². The smallest absolute Gasteiger partial charge is 0.252 e. The number of amides is 1. The molecule has 0 radical (unpaired) electrons. The molecular formula is C22H22N4OS2. The lowest BCUT2D eigenvalue weighted by molar-refractivity contribution is -0.114. The number of hydrogen-bond acceptors (Lipinski definition) is 5. The van der Waals surface area contributed by atoms with Crippen LogP contribution >= 0.6 is 22.7 Å². The number of carbonyl (C=O) groups is 1. The summed E-state index contributed by atoms with van der Waals surface area (Å²) < 4.78 is 3.13. The molecule has 0 aliphatic carbocycles. The van der Waals surface area contributed by atoms with Crippen LogP contribution in [-0.2, 0) is 11.3 Å². The summed E-state index contributed by atoms with van der Waals surface area (Å²) in [6.45, 7) is 5.58. The van der Waals surface area contributed by atoms with Gasteiger partial charge in [-0.1, -0.05) is 23.5 Å². The van der Waals surface area contributed by atoms with Crippen LogP contribution in [0.2, 0.25) is 0 Å². The number of hydrogen-bond donors (Lipinski definition) is 0. The van der Waals surface area contributed by atoms with E-state index >= 15 is 0 Å². The number of benzene rings is 1. The van der Waals surface area contributed by atoms with E-state index in [-0.39, 0.29) is 5.91 Å². The number of rotatable bonds is 7. The fraction of sp³-hybridized carbons (Fsp3) is 0.227. The fourth-order valence-electron chi connectivity index (χ4n) is 3.09. The minimum atomic E-state index is -0.0440. The third kappa shape index (κ3) is 4.46. The van der Waals surface area contributed by atoms with Crippen LogP contribution in [0.3, 0.4) is 0 Å². The third-order valence-electron chi connectivity index (χ3n) is 4.86. The SMILES string of the molecule is Cc1ccc2sc(N(CCCn3ccnc3)C(=O)/C=C/c3cccs3)nc2c1C. The molecule has 4 aromatic rings. The van der Waals surface area contributed by atoms with Gasteiger partial charge in [-0.3, -0.25) is 9.69 Å². The quantitative estimate of drug-likeness (QED) is 0.379. The van der Waals surface area contributed by atoms with Crippen molar-refractivity contribution in [2.75, 3.05) is 11.4 Å². The molecule has 0 aliphatic heterocycles. The van der Waals surface area contributed by atoms with Crippen LogP contribution in [-0.4, -0.2) is 27.0 Å². The second-order valence-electron chi connectivity index (χ2n) is 6.84. The van der Waals surface area contributed by atoms with Crippen molar-refractivity contribution in [2.45, 2.75) is 26.8 Å². The highest BCUT2D eigenvalue weighted by molar-refractivity contribution is 7.22. The Balaban J connectivity index is 1.59. The first-order valence-corrected chi connectivity index (χ1v) is 11.2. The Kier molecular flexibility index (Phi) is 5.87. The molecule has 148 valence electrons. The zero-order valence-corrected chi connectivity index (χ0v) is 18.0. The molecule has 0 spiro atoms. The number of anilines is 1. The standard InChI is InChI=1S/C22H22N4OS2/c1-16-6-8-19-21(17(16)2)24-22(29-19)26(12-4-11-25-13-10-23-15-25)20(27)9-7-18-5-3-14-28-18/h3,5-10,13-15H,4,11-12H2,1-2H3/b9-7+. The van der Waals surface area contributed by atoms with E-state index in [1.165, 1.54) is 11.1 Å². The van der Waals surface area contributed by atoms with Gasteiger partial charge in [0.25, 0.3) is 5.91 Å². The van der Waals surface area contributed by atoms with Crippen molar-refractivity contribution in [3.05, 3.63) is 70.4 Å². The highest BCUT2D eigenvalue weighted by Crippen LogP contribution is 2.32. The minimum Gasteiger partial charge on any atom is -0.337 e. The summed E-state index contributed by atoms with van der Waals surface area (Å²) >= 11 is 3.19. The van der Waals surface area contributed by atoms with Gasteiger partial charge in [0.1, 0.15) is 0 Å². The van der Waals surface area contributed by atoms with Gasteiger partial charge >= 0.3 is 0 Å². The lowest BCUT2D eigenvalue weighted by Gasteiger charge is -2.18. The van der Waals surface area contributed by atoms with Crippen LogP contribution in [0.5, 0.6) is 0 Å². The number of imidazole rings is 1. The number of fused-ring (bicyclic) bond motifs is 1. The maximum atomic E-state index is 13.1. The molecule has 0 N–H and O–H groups in total. The van der Waals surface area contributed by atoms with Gasteiger partial charge in [0, 0.05) is 36.4 Å². The Morgan fingerprint density at radius 2 is 2.17 bits per heavy atom. The molecule has 0 aliphatic rings. The first-order chi connectivity index (χ1) is 14.1. The Bertz CT molecular complexity index is 1130. The van der Waals surface area contributed by atoms with Gasteiger partial charge in [0.15, 0.2) is 5.13 Å². The van der Waals surface area contributed by atoms with E-state index in [4.69, 9.17) is 4.98 Å². The topological polar surface area (TPSA) is 51.0 Å². The average molecular weight is 423 g/mol. The molecule has 3 heterocycles. The first-order valence-electron chi connectivity index (χ1n) is 9.47. The molecule has 5 nitrogen and oxygen atoms in total. The van der Waals surface area contributed by atoms with Crippen molar-refractivity contribution < 1.29 is 4.79 Å². The second-order valence-corrected chi connectivity index (χ2v) is 8.83. The third-order valence-corrected chi connectivity index (χ3v) is 6.74. The number of aryl methyl sites for hydroxylation is 3. The van der Waals surface area contributed by atoms with Crippen LogP contribution in [0.15, 0.2) is 54.4 Å². The molecule has 3 aromatic heterocycles. The van der Waals surface area contributed by atoms with Crippen LogP contribution in [0.1, 0.15) is 22.4 Å². The molecule has 1 amide bonds. The Labute approximate surface area is 178 Å². The molecule has 4 rings (SSSR count). The molecule has 0 bridgehead atoms. The first kappa shape index (κ1) is 19.5. The van der Waals surface area contributed by atoms with Gasteiger partial charge in [-0.2, -0.15) is 0 Å². The van der Waals surface area contributed by atoms with Gasteiger partial charge in [-0.05, 0) is 55.0 Å². The number of thiophene rings is 1. The van der Waals surface area contributed by atoms with Crippen molar-refractivity contribution in [3.63, 3.8) is 0 Å². The predicted molar refractivity (Wildman–Crippen MR) is 122 cm³/mol. The van der Waals surface area contributed by atoms with Gasteiger partial charge < -0.3 is 4.57 Å². The lowest BCUT2D eigenvalue weighted by Crippen LogP contribution is -2.30. The lowest BCUT2D eigenvalue weighted by atomic mass is 10.1. The van der Waals surface area contributed by atoms with E-state index < -0.39 is 0 Å². The van der Waals surface area contributed by atoms with Crippen LogP contribution in [0, 0.1) is 13.8 Å². The summed E-state index contributed by atoms with van der Waals surface area (Å²) in [4.78, 5) is 24.8. The average Bonchev–Trinajstić information content (AvgIpc) is 3.48. The van der Waals surface area contributed by atoms with Gasteiger partial charge in [0.05, 0.1) is 16.5 Å². The molecule has 0 atom stereocenters. The van der Waals surface area contributed by atoms with Gasteiger partial charge in [-0.25, -0.2) is 9.97 Å². The highest BCUT2D eigenvalue weighted by Gasteiger charge is 2.18. The van der Waals surface area contributed by atoms with Crippen molar-refractivity contribution in [1.82, 2.24) is 14.5 Å². The summed E-state index contributed by atoms with van der Waals surface area (Å²) in [5.41, 5.74) is 3.37. The number of thiazole rings is 1. The molecule has 29 heavy (non-hydrogen) atoms. The normalized spacial score (nSPS) is 11.5. The number of aromatic nitrogens is 3. The Morgan fingerprint density at radius 1 is 1.28 bits per heavy atom. The van der Waals surface area contributed by atoms with Crippen molar-refractivity contribution in [3.8, 4) is 0 Å². The van der Waals surface area contributed by atoms with E-state index in [1.54, 1.807) is 46.2 Å². The monoisotopic (exact) mass is 422 g/mol. The van der Waals surface area contributed by atoms with E-state index in [2.05, 4.69) is 31.0 Å². The maximum Gasteiger partial charge on any atom is 0.252 e. The van der Waals surface area contributed by atoms with Crippen LogP contribution in [0.4, 0.5) is 5.13 Å². The zero-order chi connectivity index (χ0) is 20.2. The van der Waals surface area contributed by atoms with Crippen molar-refractivity contribution in [2.24, 2.45) is 0 Å². The van der Waals surface area contributed by atoms with E-state index in [0.717, 1.165) is 33.2 Å².